The van der Waals surface area contributed by atoms with Crippen LogP contribution in [-0.4, -0.2) is 96.7 Å². The summed E-state index contributed by atoms with van der Waals surface area (Å²) < 4.78 is 68.2. The molecular formula is C68H132O17P2. The molecule has 3 N–H and O–H groups in total. The maximum absolute atomic E-state index is 13.0. The molecule has 0 bridgehead atoms. The number of hydrogen-bond donors (Lipinski definition) is 3. The maximum atomic E-state index is 13.0. The molecule has 17 nitrogen and oxygen atoms in total. The summed E-state index contributed by atoms with van der Waals surface area (Å²) in [5, 5.41) is 10.6. The van der Waals surface area contributed by atoms with Gasteiger partial charge in [-0.15, -0.1) is 0 Å². The van der Waals surface area contributed by atoms with Crippen molar-refractivity contribution in [2.24, 2.45) is 11.8 Å². The van der Waals surface area contributed by atoms with Crippen molar-refractivity contribution in [3.8, 4) is 0 Å². The third kappa shape index (κ3) is 61.3. The average molecular weight is 1280 g/mol. The number of ether oxygens (including phenoxy) is 4. The van der Waals surface area contributed by atoms with E-state index in [1.165, 1.54) is 161 Å². The van der Waals surface area contributed by atoms with Gasteiger partial charge in [-0.3, -0.25) is 37.3 Å². The lowest BCUT2D eigenvalue weighted by Gasteiger charge is -2.21. The highest BCUT2D eigenvalue weighted by molar-refractivity contribution is 7.47. The predicted octanol–water partition coefficient (Wildman–Crippen LogP) is 19.2. The van der Waals surface area contributed by atoms with Gasteiger partial charge in [0.05, 0.1) is 26.4 Å². The number of aliphatic hydroxyl groups excluding tert-OH is 1. The molecule has 0 heterocycles. The molecule has 516 valence electrons. The number of phosphoric acid groups is 2. The molecule has 87 heavy (non-hydrogen) atoms. The molecule has 0 amide bonds. The minimum Gasteiger partial charge on any atom is -0.462 e. The third-order valence-corrected chi connectivity index (χ3v) is 18.0. The second kappa shape index (κ2) is 60.3. The summed E-state index contributed by atoms with van der Waals surface area (Å²) in [6, 6.07) is 0. The van der Waals surface area contributed by atoms with E-state index in [9.17, 15) is 43.2 Å². The Hall–Kier alpha value is -1.94. The zero-order chi connectivity index (χ0) is 64.3. The van der Waals surface area contributed by atoms with Crippen LogP contribution in [-0.2, 0) is 65.4 Å². The third-order valence-electron chi connectivity index (χ3n) is 16.1. The van der Waals surface area contributed by atoms with Gasteiger partial charge in [-0.05, 0) is 37.5 Å². The molecule has 0 aromatic rings. The van der Waals surface area contributed by atoms with E-state index < -0.39 is 97.5 Å². The van der Waals surface area contributed by atoms with Crippen LogP contribution in [0.5, 0.6) is 0 Å². The average Bonchev–Trinajstić information content (AvgIpc) is 3.70. The first-order valence-corrected chi connectivity index (χ1v) is 38.5. The fraction of sp³-hybridized carbons (Fsp3) is 0.941. The van der Waals surface area contributed by atoms with Gasteiger partial charge in [0.25, 0.3) is 0 Å². The van der Waals surface area contributed by atoms with Crippen molar-refractivity contribution in [1.82, 2.24) is 0 Å². The molecule has 0 aliphatic heterocycles. The van der Waals surface area contributed by atoms with Crippen LogP contribution in [0.4, 0.5) is 0 Å². The van der Waals surface area contributed by atoms with Crippen LogP contribution >= 0.6 is 15.6 Å². The topological polar surface area (TPSA) is 237 Å². The Labute approximate surface area is 530 Å². The van der Waals surface area contributed by atoms with E-state index in [2.05, 4.69) is 41.5 Å². The SMILES string of the molecule is CCCCCCCCCCCCCCCC(=O)OC[C@H](COP(=O)(O)OC[C@@H](O)COP(=O)(O)OC[C@@H](COC(=O)CCCCCCCCCCCC)OC(=O)CCCCCCCCCC(C)C)OC(=O)CCCCCCCCCCCCC(C)CC. The normalized spacial score (nSPS) is 14.5. The van der Waals surface area contributed by atoms with E-state index in [1.54, 1.807) is 0 Å². The van der Waals surface area contributed by atoms with Crippen molar-refractivity contribution in [1.29, 1.82) is 0 Å². The summed E-state index contributed by atoms with van der Waals surface area (Å²) in [4.78, 5) is 72.4. The number of unbranched alkanes of at least 4 members (excludes halogenated alkanes) is 36. The van der Waals surface area contributed by atoms with Crippen molar-refractivity contribution < 1.29 is 80.2 Å². The van der Waals surface area contributed by atoms with Gasteiger partial charge in [0.15, 0.2) is 12.2 Å². The minimum absolute atomic E-state index is 0.104. The second-order valence-electron chi connectivity index (χ2n) is 25.3. The van der Waals surface area contributed by atoms with Crippen LogP contribution < -0.4 is 0 Å². The maximum Gasteiger partial charge on any atom is 0.472 e. The molecule has 0 aromatic carbocycles. The fourth-order valence-electron chi connectivity index (χ4n) is 10.2. The van der Waals surface area contributed by atoms with Gasteiger partial charge >= 0.3 is 39.5 Å². The first kappa shape index (κ1) is 85.1. The van der Waals surface area contributed by atoms with Gasteiger partial charge in [-0.1, -0.05) is 292 Å². The Bertz CT molecular complexity index is 1700. The van der Waals surface area contributed by atoms with Crippen molar-refractivity contribution in [2.45, 2.75) is 362 Å². The molecule has 6 atom stereocenters. The highest BCUT2D eigenvalue weighted by Gasteiger charge is 2.30. The van der Waals surface area contributed by atoms with Crippen LogP contribution in [0.3, 0.4) is 0 Å². The molecule has 0 radical (unpaired) electrons. The van der Waals surface area contributed by atoms with Gasteiger partial charge in [0.2, 0.25) is 0 Å². The van der Waals surface area contributed by atoms with Crippen molar-refractivity contribution in [3.05, 3.63) is 0 Å². The van der Waals surface area contributed by atoms with E-state index >= 15 is 0 Å². The number of aliphatic hydroxyl groups is 1. The molecule has 0 rings (SSSR count). The summed E-state index contributed by atoms with van der Waals surface area (Å²) >= 11 is 0. The molecule has 0 aromatic heterocycles. The summed E-state index contributed by atoms with van der Waals surface area (Å²) in [5.74, 6) is -0.629. The van der Waals surface area contributed by atoms with Crippen LogP contribution in [0.2, 0.25) is 0 Å². The van der Waals surface area contributed by atoms with Crippen LogP contribution in [0.1, 0.15) is 343 Å². The van der Waals surface area contributed by atoms with E-state index in [0.29, 0.717) is 31.6 Å². The number of carbonyl (C=O) groups is 4. The summed E-state index contributed by atoms with van der Waals surface area (Å²) in [6.07, 6.45) is 44.3. The lowest BCUT2D eigenvalue weighted by molar-refractivity contribution is -0.161. The molecule has 0 saturated heterocycles. The summed E-state index contributed by atoms with van der Waals surface area (Å²) in [5.41, 5.74) is 0. The molecule has 19 heteroatoms. The first-order valence-electron chi connectivity index (χ1n) is 35.5. The van der Waals surface area contributed by atoms with E-state index in [1.807, 2.05) is 0 Å². The monoisotopic (exact) mass is 1280 g/mol. The minimum atomic E-state index is -4.95. The molecular weight excluding hydrogens is 1150 g/mol. The molecule has 0 aliphatic carbocycles. The molecule has 3 unspecified atom stereocenters. The van der Waals surface area contributed by atoms with Gasteiger partial charge in [0.1, 0.15) is 19.3 Å². The Balaban J connectivity index is 5.25. The van der Waals surface area contributed by atoms with E-state index in [4.69, 9.17) is 37.0 Å². The van der Waals surface area contributed by atoms with Crippen LogP contribution in [0, 0.1) is 11.8 Å². The van der Waals surface area contributed by atoms with Gasteiger partial charge < -0.3 is 33.8 Å². The summed E-state index contributed by atoms with van der Waals surface area (Å²) in [7, 11) is -9.89. The fourth-order valence-corrected chi connectivity index (χ4v) is 11.8. The van der Waals surface area contributed by atoms with Crippen molar-refractivity contribution >= 4 is 39.5 Å². The number of rotatable bonds is 67. The van der Waals surface area contributed by atoms with Crippen LogP contribution in [0.25, 0.3) is 0 Å². The predicted molar refractivity (Wildman–Crippen MR) is 349 cm³/mol. The lowest BCUT2D eigenvalue weighted by Crippen LogP contribution is -2.30. The van der Waals surface area contributed by atoms with Crippen molar-refractivity contribution in [2.75, 3.05) is 39.6 Å². The number of esters is 4. The number of phosphoric ester groups is 2. The first-order chi connectivity index (χ1) is 41.9. The van der Waals surface area contributed by atoms with Gasteiger partial charge in [0, 0.05) is 25.7 Å². The Morgan fingerprint density at radius 1 is 0.333 bits per heavy atom. The summed E-state index contributed by atoms with van der Waals surface area (Å²) in [6.45, 7) is 9.49. The van der Waals surface area contributed by atoms with E-state index in [0.717, 1.165) is 95.8 Å². The highest BCUT2D eigenvalue weighted by atomic mass is 31.2. The van der Waals surface area contributed by atoms with E-state index in [-0.39, 0.29) is 25.7 Å². The Morgan fingerprint density at radius 3 is 0.874 bits per heavy atom. The Morgan fingerprint density at radius 2 is 0.586 bits per heavy atom. The number of hydrogen-bond acceptors (Lipinski definition) is 15. The smallest absolute Gasteiger partial charge is 0.462 e. The highest BCUT2D eigenvalue weighted by Crippen LogP contribution is 2.45. The zero-order valence-electron chi connectivity index (χ0n) is 56.3. The van der Waals surface area contributed by atoms with Crippen molar-refractivity contribution in [3.63, 3.8) is 0 Å². The van der Waals surface area contributed by atoms with Gasteiger partial charge in [-0.25, -0.2) is 9.13 Å². The quantitative estimate of drug-likeness (QED) is 0.0222. The lowest BCUT2D eigenvalue weighted by atomic mass is 9.99. The molecule has 0 saturated carbocycles. The van der Waals surface area contributed by atoms with Gasteiger partial charge in [-0.2, -0.15) is 0 Å². The van der Waals surface area contributed by atoms with Crippen LogP contribution in [0.15, 0.2) is 0 Å². The largest absolute Gasteiger partial charge is 0.472 e. The molecule has 0 aliphatic rings. The molecule has 0 spiro atoms. The second-order valence-corrected chi connectivity index (χ2v) is 28.2. The number of carbonyl (C=O) groups excluding carboxylic acids is 4. The zero-order valence-corrected chi connectivity index (χ0v) is 58.1. The molecule has 0 fully saturated rings. The standard InChI is InChI=1S/C68H132O17P2/c1-7-10-12-14-16-18-20-21-22-27-33-39-45-51-66(71)79-56-63(84-67(72)52-46-40-34-28-24-23-25-31-37-43-49-61(6)9-3)58-82-86(74,75)80-54-62(69)55-81-87(76,77)83-59-64(85-68(73)53-47-41-35-29-30-36-42-48-60(4)5)57-78-65(70)50-44-38-32-26-19-17-15-13-11-8-2/h60-64,69H,7-59H2,1-6H3,(H,74,75)(H,76,77)/t61?,62-,63-,64-/m1/s1. The Kier molecular flexibility index (Phi) is 59.0.